The van der Waals surface area contributed by atoms with Crippen LogP contribution in [0.4, 0.5) is 0 Å². The van der Waals surface area contributed by atoms with Crippen LogP contribution in [-0.2, 0) is 9.59 Å². The maximum Gasteiger partial charge on any atom is 0.290 e. The van der Waals surface area contributed by atoms with Crippen molar-refractivity contribution >= 4 is 23.0 Å². The first kappa shape index (κ1) is 18.7. The van der Waals surface area contributed by atoms with Crippen molar-refractivity contribution < 1.29 is 14.7 Å². The molecular weight excluding hydrogens is 322 g/mol. The van der Waals surface area contributed by atoms with Crippen molar-refractivity contribution in [2.24, 2.45) is 5.92 Å². The minimum atomic E-state index is -0.430. The Hall–Kier alpha value is -1.62. The van der Waals surface area contributed by atoms with Gasteiger partial charge in [-0.3, -0.25) is 9.59 Å². The zero-order valence-electron chi connectivity index (χ0n) is 15.0. The molecule has 1 unspecified atom stereocenters. The van der Waals surface area contributed by atoms with Gasteiger partial charge in [-0.05, 0) is 36.3 Å². The van der Waals surface area contributed by atoms with Crippen molar-refractivity contribution in [2.45, 2.75) is 59.4 Å². The van der Waals surface area contributed by atoms with Gasteiger partial charge in [-0.15, -0.1) is 11.3 Å². The van der Waals surface area contributed by atoms with E-state index in [2.05, 4.69) is 6.92 Å². The molecule has 1 aromatic heterocycles. The highest BCUT2D eigenvalue weighted by atomic mass is 32.1. The highest BCUT2D eigenvalue weighted by molar-refractivity contribution is 7.10. The van der Waals surface area contributed by atoms with E-state index >= 15 is 0 Å². The first-order valence-corrected chi connectivity index (χ1v) is 9.57. The molecule has 0 saturated carbocycles. The Bertz CT molecular complexity index is 645. The molecule has 0 aromatic carbocycles. The number of hydrogen-bond acceptors (Lipinski definition) is 4. The second-order valence-electron chi connectivity index (χ2n) is 6.86. The third-order valence-electron chi connectivity index (χ3n) is 4.35. The number of aliphatic hydroxyl groups excluding tert-OH is 1. The molecule has 24 heavy (non-hydrogen) atoms. The average molecular weight is 349 g/mol. The molecule has 0 saturated heterocycles. The van der Waals surface area contributed by atoms with Gasteiger partial charge in [0.1, 0.15) is 0 Å². The van der Waals surface area contributed by atoms with Gasteiger partial charge in [0, 0.05) is 17.8 Å². The molecule has 1 aromatic rings. The maximum absolute atomic E-state index is 12.7. The van der Waals surface area contributed by atoms with Crippen molar-refractivity contribution in [3.05, 3.63) is 33.2 Å². The van der Waals surface area contributed by atoms with Crippen LogP contribution >= 0.6 is 11.3 Å². The zero-order valence-corrected chi connectivity index (χ0v) is 15.8. The molecule has 0 spiro atoms. The van der Waals surface area contributed by atoms with E-state index < -0.39 is 11.9 Å². The number of unbranched alkanes of at least 4 members (excludes halogenated alkanes) is 2. The molecule has 0 fully saturated rings. The summed E-state index contributed by atoms with van der Waals surface area (Å²) in [5.41, 5.74) is 1.35. The molecule has 132 valence electrons. The molecule has 4 nitrogen and oxygen atoms in total. The second-order valence-corrected chi connectivity index (χ2v) is 7.81. The van der Waals surface area contributed by atoms with E-state index in [9.17, 15) is 14.7 Å². The molecule has 1 aliphatic heterocycles. The van der Waals surface area contributed by atoms with E-state index in [4.69, 9.17) is 0 Å². The number of thiophene rings is 1. The van der Waals surface area contributed by atoms with Crippen molar-refractivity contribution in [3.63, 3.8) is 0 Å². The Labute approximate surface area is 148 Å². The molecule has 2 rings (SSSR count). The van der Waals surface area contributed by atoms with E-state index in [0.29, 0.717) is 13.0 Å². The predicted molar refractivity (Wildman–Crippen MR) is 97.2 cm³/mol. The number of amides is 1. The number of rotatable bonds is 8. The highest BCUT2D eigenvalue weighted by Gasteiger charge is 2.43. The van der Waals surface area contributed by atoms with Gasteiger partial charge in [-0.25, -0.2) is 0 Å². The van der Waals surface area contributed by atoms with Gasteiger partial charge in [0.25, 0.3) is 5.91 Å². The number of hydrogen-bond donors (Lipinski definition) is 1. The van der Waals surface area contributed by atoms with Crippen LogP contribution in [0.1, 0.15) is 62.9 Å². The Morgan fingerprint density at radius 2 is 2.08 bits per heavy atom. The number of ketones is 1. The lowest BCUT2D eigenvalue weighted by Crippen LogP contribution is -2.32. The first-order chi connectivity index (χ1) is 11.4. The molecule has 1 N–H and O–H groups in total. The lowest BCUT2D eigenvalue weighted by Gasteiger charge is -2.26. The summed E-state index contributed by atoms with van der Waals surface area (Å²) in [5.74, 6) is -0.690. The lowest BCUT2D eigenvalue weighted by molar-refractivity contribution is -0.129. The molecular formula is C19H27NO3S. The SMILES string of the molecule is CCCCCN1C(=O)C(O)=C(C(=O)CC(C)C)C1c1sccc1C. The fraction of sp³-hybridized carbons (Fsp3) is 0.579. The Balaban J connectivity index is 2.40. The van der Waals surface area contributed by atoms with Crippen LogP contribution in [0.2, 0.25) is 0 Å². The summed E-state index contributed by atoms with van der Waals surface area (Å²) in [6.07, 6.45) is 3.30. The highest BCUT2D eigenvalue weighted by Crippen LogP contribution is 2.42. The first-order valence-electron chi connectivity index (χ1n) is 8.69. The summed E-state index contributed by atoms with van der Waals surface area (Å²) in [6, 6.07) is 1.56. The monoisotopic (exact) mass is 349 g/mol. The average Bonchev–Trinajstić information content (AvgIpc) is 3.02. The third kappa shape index (κ3) is 3.72. The second kappa shape index (κ2) is 7.97. The number of nitrogens with zero attached hydrogens (tertiary/aromatic N) is 1. The molecule has 1 amide bonds. The van der Waals surface area contributed by atoms with Gasteiger partial charge in [-0.2, -0.15) is 0 Å². The van der Waals surface area contributed by atoms with E-state index in [-0.39, 0.29) is 23.0 Å². The number of carbonyl (C=O) groups is 2. The molecule has 1 atom stereocenters. The molecule has 0 radical (unpaired) electrons. The topological polar surface area (TPSA) is 57.6 Å². The van der Waals surface area contributed by atoms with Crippen LogP contribution in [0.5, 0.6) is 0 Å². The Kier molecular flexibility index (Phi) is 6.21. The predicted octanol–water partition coefficient (Wildman–Crippen LogP) is 4.56. The van der Waals surface area contributed by atoms with Crippen LogP contribution in [0.3, 0.4) is 0 Å². The van der Waals surface area contributed by atoms with Gasteiger partial charge in [0.2, 0.25) is 0 Å². The van der Waals surface area contributed by atoms with Crippen LogP contribution < -0.4 is 0 Å². The summed E-state index contributed by atoms with van der Waals surface area (Å²) < 4.78 is 0. The molecule has 0 aliphatic carbocycles. The summed E-state index contributed by atoms with van der Waals surface area (Å²) in [6.45, 7) is 8.60. The third-order valence-corrected chi connectivity index (χ3v) is 5.42. The van der Waals surface area contributed by atoms with Crippen LogP contribution in [0.15, 0.2) is 22.8 Å². The minimum Gasteiger partial charge on any atom is -0.503 e. The maximum atomic E-state index is 12.7. The molecule has 2 heterocycles. The van der Waals surface area contributed by atoms with E-state index in [1.54, 1.807) is 16.2 Å². The standard InChI is InChI=1S/C19H27NO3S/c1-5-6-7-9-20-16(18-13(4)8-10-24-18)15(17(22)19(20)23)14(21)11-12(2)3/h8,10,12,16,22H,5-7,9,11H2,1-4H3. The van der Waals surface area contributed by atoms with Gasteiger partial charge in [-0.1, -0.05) is 33.6 Å². The van der Waals surface area contributed by atoms with Gasteiger partial charge in [0.15, 0.2) is 11.5 Å². The number of Topliss-reactive ketones (excluding diaryl/α,β-unsaturated/α-hetero) is 1. The van der Waals surface area contributed by atoms with E-state index in [1.165, 1.54) is 0 Å². The van der Waals surface area contributed by atoms with E-state index in [1.807, 2.05) is 32.2 Å². The van der Waals surface area contributed by atoms with Gasteiger partial charge < -0.3 is 10.0 Å². The summed E-state index contributed by atoms with van der Waals surface area (Å²) in [5, 5.41) is 12.4. The number of aryl methyl sites for hydroxylation is 1. The lowest BCUT2D eigenvalue weighted by atomic mass is 9.94. The molecule has 1 aliphatic rings. The molecule has 0 bridgehead atoms. The number of aliphatic hydroxyl groups is 1. The Morgan fingerprint density at radius 3 is 2.62 bits per heavy atom. The summed E-state index contributed by atoms with van der Waals surface area (Å²) >= 11 is 1.54. The zero-order chi connectivity index (χ0) is 17.9. The van der Waals surface area contributed by atoms with Crippen molar-refractivity contribution in [2.75, 3.05) is 6.54 Å². The van der Waals surface area contributed by atoms with Crippen LogP contribution in [0.25, 0.3) is 0 Å². The smallest absolute Gasteiger partial charge is 0.290 e. The van der Waals surface area contributed by atoms with Crippen LogP contribution in [0, 0.1) is 12.8 Å². The van der Waals surface area contributed by atoms with Gasteiger partial charge in [0.05, 0.1) is 11.6 Å². The minimum absolute atomic E-state index is 0.119. The summed E-state index contributed by atoms with van der Waals surface area (Å²) in [4.78, 5) is 28.0. The van der Waals surface area contributed by atoms with Crippen molar-refractivity contribution in [1.29, 1.82) is 0 Å². The summed E-state index contributed by atoms with van der Waals surface area (Å²) in [7, 11) is 0. The van der Waals surface area contributed by atoms with E-state index in [0.717, 1.165) is 29.7 Å². The van der Waals surface area contributed by atoms with Crippen molar-refractivity contribution in [3.8, 4) is 0 Å². The van der Waals surface area contributed by atoms with Crippen molar-refractivity contribution in [1.82, 2.24) is 4.90 Å². The quantitative estimate of drug-likeness (QED) is 0.700. The van der Waals surface area contributed by atoms with Crippen LogP contribution in [-0.4, -0.2) is 28.2 Å². The largest absolute Gasteiger partial charge is 0.503 e. The van der Waals surface area contributed by atoms with Gasteiger partial charge >= 0.3 is 0 Å². The molecule has 5 heteroatoms. The fourth-order valence-electron chi connectivity index (χ4n) is 3.12. The normalized spacial score (nSPS) is 18.1. The fourth-order valence-corrected chi connectivity index (χ4v) is 4.17. The number of carbonyl (C=O) groups excluding carboxylic acids is 2. The Morgan fingerprint density at radius 1 is 1.38 bits per heavy atom.